The zero-order valence-corrected chi connectivity index (χ0v) is 13.6. The number of anilines is 1. The van der Waals surface area contributed by atoms with Crippen molar-refractivity contribution >= 4 is 12.1 Å². The smallest absolute Gasteiger partial charge is 0.209 e. The first-order chi connectivity index (χ1) is 11.3. The molecule has 2 heterocycles. The minimum Gasteiger partial charge on any atom is -0.497 e. The monoisotopic (exact) mass is 310 g/mol. The molecule has 1 aromatic carbocycles. The number of aromatic nitrogens is 2. The second kappa shape index (κ2) is 5.74. The summed E-state index contributed by atoms with van der Waals surface area (Å²) in [7, 11) is 1.68. The quantitative estimate of drug-likeness (QED) is 0.920. The average Bonchev–Trinajstić information content (AvgIpc) is 3.33. The summed E-state index contributed by atoms with van der Waals surface area (Å²) in [5, 5.41) is 3.55. The van der Waals surface area contributed by atoms with E-state index in [0.29, 0.717) is 0 Å². The molecule has 2 aliphatic rings. The molecule has 4 rings (SSSR count). The normalized spacial score (nSPS) is 19.5. The van der Waals surface area contributed by atoms with E-state index in [4.69, 9.17) is 9.72 Å². The number of imidazole rings is 1. The number of nitrogens with zero attached hydrogens (tertiary/aromatic N) is 3. The van der Waals surface area contributed by atoms with Gasteiger partial charge in [-0.15, -0.1) is 0 Å². The largest absolute Gasteiger partial charge is 0.497 e. The van der Waals surface area contributed by atoms with Gasteiger partial charge in [-0.1, -0.05) is 6.92 Å². The molecule has 120 valence electrons. The Morgan fingerprint density at radius 3 is 2.74 bits per heavy atom. The molecule has 1 aliphatic carbocycles. The van der Waals surface area contributed by atoms with Gasteiger partial charge in [-0.3, -0.25) is 9.47 Å². The second-order valence-corrected chi connectivity index (χ2v) is 6.08. The van der Waals surface area contributed by atoms with Crippen LogP contribution in [0.4, 0.5) is 5.95 Å². The summed E-state index contributed by atoms with van der Waals surface area (Å²) in [6, 6.07) is 8.73. The van der Waals surface area contributed by atoms with Crippen LogP contribution in [0.3, 0.4) is 0 Å². The van der Waals surface area contributed by atoms with Crippen molar-refractivity contribution in [3.8, 4) is 17.0 Å². The van der Waals surface area contributed by atoms with E-state index in [1.165, 1.54) is 12.8 Å². The standard InChI is InChI=1S/C18H22N4O/c1-3-22(14-6-7-14)17-10-11-21-12-16(19-18(21)20-17)13-4-8-15(23-2)9-5-13/h4-5,8-12,14,17H,3,6-7H2,1-2H3,(H,19,20). The summed E-state index contributed by atoms with van der Waals surface area (Å²) in [4.78, 5) is 7.26. The molecule has 0 saturated heterocycles. The highest BCUT2D eigenvalue weighted by molar-refractivity contribution is 5.64. The van der Waals surface area contributed by atoms with E-state index in [1.807, 2.05) is 24.3 Å². The van der Waals surface area contributed by atoms with E-state index < -0.39 is 0 Å². The summed E-state index contributed by atoms with van der Waals surface area (Å²) < 4.78 is 7.27. The van der Waals surface area contributed by atoms with Crippen molar-refractivity contribution in [2.24, 2.45) is 0 Å². The van der Waals surface area contributed by atoms with Crippen LogP contribution >= 0.6 is 0 Å². The summed E-state index contributed by atoms with van der Waals surface area (Å²) in [5.74, 6) is 1.77. The number of fused-ring (bicyclic) bond motifs is 1. The number of ether oxygens (including phenoxy) is 1. The molecule has 5 nitrogen and oxygen atoms in total. The Hall–Kier alpha value is -2.27. The molecule has 1 aliphatic heterocycles. The summed E-state index contributed by atoms with van der Waals surface area (Å²) in [6.07, 6.45) is 9.25. The third-order valence-corrected chi connectivity index (χ3v) is 4.56. The maximum absolute atomic E-state index is 5.21. The van der Waals surface area contributed by atoms with E-state index >= 15 is 0 Å². The molecular weight excluding hydrogens is 288 g/mol. The number of likely N-dealkylation sites (N-methyl/N-ethyl adjacent to an activating group) is 1. The lowest BCUT2D eigenvalue weighted by atomic mass is 10.2. The average molecular weight is 310 g/mol. The molecule has 1 N–H and O–H groups in total. The third-order valence-electron chi connectivity index (χ3n) is 4.56. The zero-order chi connectivity index (χ0) is 15.8. The number of methoxy groups -OCH3 is 1. The highest BCUT2D eigenvalue weighted by Gasteiger charge is 2.33. The first-order valence-electron chi connectivity index (χ1n) is 8.22. The van der Waals surface area contributed by atoms with E-state index in [1.54, 1.807) is 7.11 Å². The van der Waals surface area contributed by atoms with Gasteiger partial charge in [0.2, 0.25) is 5.95 Å². The molecule has 2 aromatic rings. The van der Waals surface area contributed by atoms with Crippen LogP contribution in [0.15, 0.2) is 36.5 Å². The lowest BCUT2D eigenvalue weighted by molar-refractivity contribution is 0.247. The van der Waals surface area contributed by atoms with Gasteiger partial charge in [0.25, 0.3) is 0 Å². The van der Waals surface area contributed by atoms with Crippen LogP contribution in [-0.4, -0.2) is 40.3 Å². The Morgan fingerprint density at radius 1 is 1.30 bits per heavy atom. The molecule has 0 amide bonds. The minimum absolute atomic E-state index is 0.242. The molecule has 1 saturated carbocycles. The van der Waals surface area contributed by atoms with E-state index in [2.05, 4.69) is 40.2 Å². The highest BCUT2D eigenvalue weighted by atomic mass is 16.5. The van der Waals surface area contributed by atoms with Gasteiger partial charge in [0.05, 0.1) is 12.8 Å². The molecule has 5 heteroatoms. The second-order valence-electron chi connectivity index (χ2n) is 6.08. The van der Waals surface area contributed by atoms with Crippen molar-refractivity contribution in [2.45, 2.75) is 32.0 Å². The minimum atomic E-state index is 0.242. The molecule has 1 atom stereocenters. The molecule has 1 aromatic heterocycles. The predicted molar refractivity (Wildman–Crippen MR) is 92.4 cm³/mol. The number of nitrogens with one attached hydrogen (secondary N) is 1. The number of rotatable bonds is 5. The van der Waals surface area contributed by atoms with Crippen LogP contribution in [-0.2, 0) is 0 Å². The van der Waals surface area contributed by atoms with Crippen LogP contribution in [0.1, 0.15) is 19.8 Å². The van der Waals surface area contributed by atoms with Gasteiger partial charge in [-0.25, -0.2) is 4.98 Å². The predicted octanol–water partition coefficient (Wildman–Crippen LogP) is 3.27. The Labute approximate surface area is 136 Å². The third kappa shape index (κ3) is 2.72. The first-order valence-corrected chi connectivity index (χ1v) is 8.22. The fraction of sp³-hybridized carbons (Fsp3) is 0.389. The fourth-order valence-electron chi connectivity index (χ4n) is 3.15. The van der Waals surface area contributed by atoms with Crippen LogP contribution in [0.25, 0.3) is 17.5 Å². The number of hydrogen-bond donors (Lipinski definition) is 1. The van der Waals surface area contributed by atoms with Crippen LogP contribution in [0, 0.1) is 0 Å². The van der Waals surface area contributed by atoms with Crippen molar-refractivity contribution in [1.29, 1.82) is 0 Å². The van der Waals surface area contributed by atoms with Gasteiger partial charge in [-0.2, -0.15) is 0 Å². The van der Waals surface area contributed by atoms with Gasteiger partial charge in [-0.05, 0) is 49.7 Å². The van der Waals surface area contributed by atoms with Gasteiger partial charge < -0.3 is 10.1 Å². The summed E-state index contributed by atoms with van der Waals surface area (Å²) in [6.45, 7) is 3.27. The number of benzene rings is 1. The van der Waals surface area contributed by atoms with Gasteiger partial charge in [0.1, 0.15) is 11.9 Å². The van der Waals surface area contributed by atoms with Crippen molar-refractivity contribution in [3.63, 3.8) is 0 Å². The Morgan fingerprint density at radius 2 is 2.09 bits per heavy atom. The maximum atomic E-state index is 5.21. The van der Waals surface area contributed by atoms with E-state index in [0.717, 1.165) is 35.5 Å². The molecule has 0 spiro atoms. The highest BCUT2D eigenvalue weighted by Crippen LogP contribution is 2.31. The van der Waals surface area contributed by atoms with Crippen molar-refractivity contribution in [3.05, 3.63) is 36.5 Å². The Bertz CT molecular complexity index is 715. The molecule has 1 fully saturated rings. The molecule has 1 unspecified atom stereocenters. The van der Waals surface area contributed by atoms with Gasteiger partial charge >= 0.3 is 0 Å². The number of hydrogen-bond acceptors (Lipinski definition) is 4. The Kier molecular flexibility index (Phi) is 3.58. The van der Waals surface area contributed by atoms with Crippen molar-refractivity contribution in [2.75, 3.05) is 19.0 Å². The molecule has 0 bridgehead atoms. The summed E-state index contributed by atoms with van der Waals surface area (Å²) >= 11 is 0. The van der Waals surface area contributed by atoms with Gasteiger partial charge in [0.15, 0.2) is 0 Å². The molecular formula is C18H22N4O. The summed E-state index contributed by atoms with van der Waals surface area (Å²) in [5.41, 5.74) is 2.06. The van der Waals surface area contributed by atoms with Crippen molar-refractivity contribution in [1.82, 2.24) is 14.5 Å². The molecule has 0 radical (unpaired) electrons. The van der Waals surface area contributed by atoms with Crippen molar-refractivity contribution < 1.29 is 4.74 Å². The SMILES string of the molecule is CCN(C1CC1)C1C=Cn2cc(-c3ccc(OC)cc3)nc2N1. The van der Waals surface area contributed by atoms with Crippen LogP contribution in [0.2, 0.25) is 0 Å². The fourth-order valence-corrected chi connectivity index (χ4v) is 3.15. The lowest BCUT2D eigenvalue weighted by Gasteiger charge is -2.31. The van der Waals surface area contributed by atoms with E-state index in [9.17, 15) is 0 Å². The molecule has 23 heavy (non-hydrogen) atoms. The zero-order valence-electron chi connectivity index (χ0n) is 13.6. The van der Waals surface area contributed by atoms with Crippen LogP contribution < -0.4 is 10.1 Å². The van der Waals surface area contributed by atoms with Crippen LogP contribution in [0.5, 0.6) is 5.75 Å². The topological polar surface area (TPSA) is 42.3 Å². The maximum Gasteiger partial charge on any atom is 0.209 e. The van der Waals surface area contributed by atoms with E-state index in [-0.39, 0.29) is 6.17 Å². The Balaban J connectivity index is 1.56. The lowest BCUT2D eigenvalue weighted by Crippen LogP contribution is -2.42. The first kappa shape index (κ1) is 14.3. The van der Waals surface area contributed by atoms with Gasteiger partial charge in [0, 0.05) is 24.0 Å².